The van der Waals surface area contributed by atoms with E-state index in [0.717, 1.165) is 11.3 Å². The monoisotopic (exact) mass is 319 g/mol. The Hall–Kier alpha value is -0.990. The number of hydrogen-bond acceptors (Lipinski definition) is 5. The van der Waals surface area contributed by atoms with Crippen molar-refractivity contribution < 1.29 is 13.2 Å². The fraction of sp³-hybridized carbons (Fsp3) is 0.667. The minimum atomic E-state index is -3.22. The highest BCUT2D eigenvalue weighted by Gasteiger charge is 2.22. The van der Waals surface area contributed by atoms with Gasteiger partial charge in [-0.15, -0.1) is 11.3 Å². The second-order valence-electron chi connectivity index (χ2n) is 5.61. The average molecular weight is 319 g/mol. The number of amides is 1. The zero-order valence-electron chi connectivity index (χ0n) is 12.4. The van der Waals surface area contributed by atoms with Gasteiger partial charge in [0.15, 0.2) is 0 Å². The van der Waals surface area contributed by atoms with E-state index < -0.39 is 10.0 Å². The fourth-order valence-corrected chi connectivity index (χ4v) is 2.93. The van der Waals surface area contributed by atoms with Crippen molar-refractivity contribution in [2.24, 2.45) is 0 Å². The largest absolute Gasteiger partial charge is 0.350 e. The van der Waals surface area contributed by atoms with Gasteiger partial charge in [-0.1, -0.05) is 20.8 Å². The zero-order chi connectivity index (χ0) is 15.6. The van der Waals surface area contributed by atoms with Crippen molar-refractivity contribution in [1.29, 1.82) is 0 Å². The first-order chi connectivity index (χ1) is 9.00. The molecule has 0 aliphatic heterocycles. The minimum Gasteiger partial charge on any atom is -0.350 e. The van der Waals surface area contributed by atoms with Crippen molar-refractivity contribution in [2.45, 2.75) is 33.1 Å². The summed E-state index contributed by atoms with van der Waals surface area (Å²) in [5, 5.41) is 3.59. The van der Waals surface area contributed by atoms with Gasteiger partial charge < -0.3 is 5.32 Å². The van der Waals surface area contributed by atoms with Gasteiger partial charge in [-0.25, -0.2) is 18.1 Å². The number of nitrogens with one attached hydrogen (secondary N) is 2. The van der Waals surface area contributed by atoms with E-state index in [4.69, 9.17) is 0 Å². The second-order valence-corrected chi connectivity index (χ2v) is 8.44. The third-order valence-corrected chi connectivity index (χ3v) is 4.73. The Labute approximate surface area is 124 Å². The highest BCUT2D eigenvalue weighted by Crippen LogP contribution is 2.28. The molecule has 0 aliphatic rings. The van der Waals surface area contributed by atoms with Crippen LogP contribution in [0.4, 0.5) is 0 Å². The first kappa shape index (κ1) is 17.1. The van der Waals surface area contributed by atoms with Crippen LogP contribution in [-0.2, 0) is 15.4 Å². The number of nitrogens with zero attached hydrogens (tertiary/aromatic N) is 1. The Morgan fingerprint density at radius 3 is 2.35 bits per heavy atom. The number of aromatic nitrogens is 1. The van der Waals surface area contributed by atoms with E-state index in [-0.39, 0.29) is 24.4 Å². The molecule has 114 valence electrons. The third kappa shape index (κ3) is 5.18. The number of rotatable bonds is 5. The molecule has 0 spiro atoms. The summed E-state index contributed by atoms with van der Waals surface area (Å²) in [5.74, 6) is -0.217. The molecule has 0 fully saturated rings. The van der Waals surface area contributed by atoms with Gasteiger partial charge in [-0.05, 0) is 6.92 Å². The number of carbonyl (C=O) groups excluding carboxylic acids is 1. The molecule has 0 atom stereocenters. The normalized spacial score (nSPS) is 12.4. The van der Waals surface area contributed by atoms with Gasteiger partial charge in [0, 0.05) is 18.5 Å². The lowest BCUT2D eigenvalue weighted by Crippen LogP contribution is -2.34. The lowest BCUT2D eigenvalue weighted by molar-refractivity contribution is 0.0957. The molecule has 0 radical (unpaired) electrons. The van der Waals surface area contributed by atoms with Crippen LogP contribution in [0.1, 0.15) is 41.1 Å². The SMILES string of the molecule is Cc1nc(C(C)(C)C)sc1C(=O)NCCNS(C)(=O)=O. The molecule has 0 aliphatic carbocycles. The third-order valence-electron chi connectivity index (χ3n) is 2.42. The fourth-order valence-electron chi connectivity index (χ4n) is 1.42. The molecule has 2 N–H and O–H groups in total. The standard InChI is InChI=1S/C12H21N3O3S2/c1-8-9(19-11(15-8)12(2,3)4)10(16)13-6-7-14-20(5,17)18/h14H,6-7H2,1-5H3,(H,13,16). The molecule has 1 amide bonds. The van der Waals surface area contributed by atoms with E-state index in [9.17, 15) is 13.2 Å². The maximum absolute atomic E-state index is 12.0. The van der Waals surface area contributed by atoms with Gasteiger partial charge in [0.1, 0.15) is 4.88 Å². The first-order valence-electron chi connectivity index (χ1n) is 6.21. The molecule has 6 nitrogen and oxygen atoms in total. The first-order valence-corrected chi connectivity index (χ1v) is 8.92. The van der Waals surface area contributed by atoms with Crippen LogP contribution in [0.15, 0.2) is 0 Å². The molecule has 0 bridgehead atoms. The molecule has 1 aromatic heterocycles. The van der Waals surface area contributed by atoms with Crippen LogP contribution in [0.2, 0.25) is 0 Å². The predicted octanol–water partition coefficient (Wildman–Crippen LogP) is 1.03. The van der Waals surface area contributed by atoms with Crippen LogP contribution in [-0.4, -0.2) is 38.7 Å². The van der Waals surface area contributed by atoms with Gasteiger partial charge in [0.25, 0.3) is 5.91 Å². The highest BCUT2D eigenvalue weighted by molar-refractivity contribution is 7.88. The smallest absolute Gasteiger partial charge is 0.263 e. The molecule has 1 heterocycles. The van der Waals surface area contributed by atoms with Gasteiger partial charge in [0.2, 0.25) is 10.0 Å². The molecule has 20 heavy (non-hydrogen) atoms. The van der Waals surface area contributed by atoms with Crippen molar-refractivity contribution in [3.8, 4) is 0 Å². The van der Waals surface area contributed by atoms with Crippen molar-refractivity contribution in [3.63, 3.8) is 0 Å². The van der Waals surface area contributed by atoms with Gasteiger partial charge in [0.05, 0.1) is 17.0 Å². The topological polar surface area (TPSA) is 88.2 Å². The van der Waals surface area contributed by atoms with Crippen molar-refractivity contribution >= 4 is 27.3 Å². The molecule has 8 heteroatoms. The van der Waals surface area contributed by atoms with Crippen molar-refractivity contribution in [1.82, 2.24) is 15.0 Å². The van der Waals surface area contributed by atoms with Crippen molar-refractivity contribution in [3.05, 3.63) is 15.6 Å². The van der Waals surface area contributed by atoms with E-state index in [2.05, 4.69) is 15.0 Å². The quantitative estimate of drug-likeness (QED) is 0.793. The summed E-state index contributed by atoms with van der Waals surface area (Å²) in [6, 6.07) is 0. The van der Waals surface area contributed by atoms with E-state index in [1.165, 1.54) is 11.3 Å². The van der Waals surface area contributed by atoms with E-state index in [1.54, 1.807) is 6.92 Å². The van der Waals surface area contributed by atoms with E-state index >= 15 is 0 Å². The maximum Gasteiger partial charge on any atom is 0.263 e. The van der Waals surface area contributed by atoms with Crippen LogP contribution in [0.25, 0.3) is 0 Å². The van der Waals surface area contributed by atoms with Crippen LogP contribution in [0.3, 0.4) is 0 Å². The number of carbonyl (C=O) groups is 1. The Bertz CT molecular complexity index is 586. The summed E-state index contributed by atoms with van der Waals surface area (Å²) in [6.45, 7) is 8.35. The molecule has 0 unspecified atom stereocenters. The van der Waals surface area contributed by atoms with Crippen LogP contribution in [0.5, 0.6) is 0 Å². The molecular formula is C12H21N3O3S2. The average Bonchev–Trinajstić information content (AvgIpc) is 2.65. The van der Waals surface area contributed by atoms with E-state index in [1.807, 2.05) is 20.8 Å². The number of sulfonamides is 1. The number of thiazole rings is 1. The zero-order valence-corrected chi connectivity index (χ0v) is 14.0. The molecule has 0 aromatic carbocycles. The maximum atomic E-state index is 12.0. The lowest BCUT2D eigenvalue weighted by atomic mass is 9.98. The summed E-state index contributed by atoms with van der Waals surface area (Å²) in [5.41, 5.74) is 0.611. The summed E-state index contributed by atoms with van der Waals surface area (Å²) < 4.78 is 24.1. The molecule has 0 saturated heterocycles. The Morgan fingerprint density at radius 2 is 1.90 bits per heavy atom. The lowest BCUT2D eigenvalue weighted by Gasteiger charge is -2.13. The molecule has 1 rings (SSSR count). The van der Waals surface area contributed by atoms with Gasteiger partial charge in [-0.2, -0.15) is 0 Å². The summed E-state index contributed by atoms with van der Waals surface area (Å²) in [4.78, 5) is 17.0. The Kier molecular flexibility index (Phi) is 5.28. The predicted molar refractivity (Wildman–Crippen MR) is 80.7 cm³/mol. The molecule has 1 aromatic rings. The second kappa shape index (κ2) is 6.19. The number of aryl methyl sites for hydroxylation is 1. The summed E-state index contributed by atoms with van der Waals surface area (Å²) in [7, 11) is -3.22. The van der Waals surface area contributed by atoms with Crippen molar-refractivity contribution in [2.75, 3.05) is 19.3 Å². The van der Waals surface area contributed by atoms with Gasteiger partial charge >= 0.3 is 0 Å². The van der Waals surface area contributed by atoms with Crippen LogP contribution < -0.4 is 10.0 Å². The Balaban J connectivity index is 2.63. The molecular weight excluding hydrogens is 298 g/mol. The minimum absolute atomic E-state index is 0.0915. The Morgan fingerprint density at radius 1 is 1.30 bits per heavy atom. The molecule has 0 saturated carbocycles. The van der Waals surface area contributed by atoms with E-state index in [0.29, 0.717) is 10.6 Å². The van der Waals surface area contributed by atoms with Crippen LogP contribution in [0, 0.1) is 6.92 Å². The summed E-state index contributed by atoms with van der Waals surface area (Å²) >= 11 is 1.38. The number of hydrogen-bond donors (Lipinski definition) is 2. The van der Waals surface area contributed by atoms with Gasteiger partial charge in [-0.3, -0.25) is 4.79 Å². The summed E-state index contributed by atoms with van der Waals surface area (Å²) in [6.07, 6.45) is 1.08. The highest BCUT2D eigenvalue weighted by atomic mass is 32.2. The van der Waals surface area contributed by atoms with Crippen LogP contribution >= 0.6 is 11.3 Å².